The lowest BCUT2D eigenvalue weighted by atomic mass is 9.96. The first-order chi connectivity index (χ1) is 9.20. The Kier molecular flexibility index (Phi) is 3.73. The van der Waals surface area contributed by atoms with Crippen LogP contribution in [0.2, 0.25) is 0 Å². The third-order valence-electron chi connectivity index (χ3n) is 2.98. The molecule has 2 aromatic rings. The van der Waals surface area contributed by atoms with Gasteiger partial charge in [-0.2, -0.15) is 0 Å². The molecular formula is C13H20N6S. The van der Waals surface area contributed by atoms with E-state index in [2.05, 4.69) is 40.9 Å². The highest BCUT2D eigenvalue weighted by atomic mass is 32.2. The minimum absolute atomic E-state index is 0.146. The zero-order chi connectivity index (χ0) is 15.1. The zero-order valence-corrected chi connectivity index (χ0v) is 13.5. The van der Waals surface area contributed by atoms with Crippen molar-refractivity contribution in [2.75, 3.05) is 5.84 Å². The van der Waals surface area contributed by atoms with E-state index in [1.165, 1.54) is 16.4 Å². The summed E-state index contributed by atoms with van der Waals surface area (Å²) < 4.78 is 1.54. The topological polar surface area (TPSA) is 82.5 Å². The van der Waals surface area contributed by atoms with Crippen molar-refractivity contribution < 1.29 is 0 Å². The van der Waals surface area contributed by atoms with Gasteiger partial charge in [0.15, 0.2) is 5.82 Å². The smallest absolute Gasteiger partial charge is 0.216 e. The fourth-order valence-electron chi connectivity index (χ4n) is 1.78. The number of aryl methyl sites for hydroxylation is 2. The molecule has 2 aromatic heterocycles. The van der Waals surface area contributed by atoms with E-state index in [-0.39, 0.29) is 5.41 Å². The molecule has 6 nitrogen and oxygen atoms in total. The summed E-state index contributed by atoms with van der Waals surface area (Å²) in [6, 6.07) is 0. The van der Waals surface area contributed by atoms with Crippen LogP contribution in [0.1, 0.15) is 43.7 Å². The number of aromatic nitrogens is 5. The molecule has 2 heterocycles. The number of nitrogens with zero attached hydrogens (tertiary/aromatic N) is 5. The van der Waals surface area contributed by atoms with Gasteiger partial charge in [-0.1, -0.05) is 20.8 Å². The minimum atomic E-state index is -0.146. The second-order valence-electron chi connectivity index (χ2n) is 5.81. The number of nitrogens with two attached hydrogens (primary N) is 1. The van der Waals surface area contributed by atoms with Crippen LogP contribution in [0, 0.1) is 20.8 Å². The SMILES string of the molecule is Cc1nc(C)c(C)c(Sc2nnc(C(C)(C)C)n2N)n1. The highest BCUT2D eigenvalue weighted by Gasteiger charge is 2.23. The van der Waals surface area contributed by atoms with Gasteiger partial charge >= 0.3 is 0 Å². The second-order valence-corrected chi connectivity index (χ2v) is 6.77. The molecule has 0 amide bonds. The first kappa shape index (κ1) is 14.8. The van der Waals surface area contributed by atoms with Gasteiger partial charge in [-0.25, -0.2) is 14.6 Å². The molecule has 2 N–H and O–H groups in total. The number of hydrogen-bond donors (Lipinski definition) is 1. The summed E-state index contributed by atoms with van der Waals surface area (Å²) in [5, 5.41) is 9.85. The summed E-state index contributed by atoms with van der Waals surface area (Å²) in [5.74, 6) is 7.59. The van der Waals surface area contributed by atoms with Crippen molar-refractivity contribution in [3.8, 4) is 0 Å². The maximum atomic E-state index is 6.09. The predicted octanol–water partition coefficient (Wildman–Crippen LogP) is 2.16. The fraction of sp³-hybridized carbons (Fsp3) is 0.538. The standard InChI is InChI=1S/C13H20N6S/c1-7-8(2)15-9(3)16-10(7)20-12-18-17-11(19(12)14)13(4,5)6/h14H2,1-6H3. The molecule has 0 aliphatic rings. The molecular weight excluding hydrogens is 272 g/mol. The lowest BCUT2D eigenvalue weighted by Crippen LogP contribution is -2.24. The average Bonchev–Trinajstić information content (AvgIpc) is 2.67. The number of nitrogen functional groups attached to an aromatic ring is 1. The largest absolute Gasteiger partial charge is 0.336 e. The molecule has 0 saturated carbocycles. The van der Waals surface area contributed by atoms with Crippen molar-refractivity contribution in [1.82, 2.24) is 24.8 Å². The van der Waals surface area contributed by atoms with Gasteiger partial charge in [0.1, 0.15) is 10.9 Å². The van der Waals surface area contributed by atoms with E-state index in [0.717, 1.165) is 27.9 Å². The van der Waals surface area contributed by atoms with Crippen molar-refractivity contribution in [1.29, 1.82) is 0 Å². The molecule has 0 spiro atoms. The Morgan fingerprint density at radius 1 is 1.05 bits per heavy atom. The Labute approximate surface area is 123 Å². The Morgan fingerprint density at radius 3 is 2.25 bits per heavy atom. The summed E-state index contributed by atoms with van der Waals surface area (Å²) in [4.78, 5) is 8.80. The van der Waals surface area contributed by atoms with Crippen molar-refractivity contribution in [2.24, 2.45) is 0 Å². The van der Waals surface area contributed by atoms with Crippen LogP contribution in [0.15, 0.2) is 10.2 Å². The van der Waals surface area contributed by atoms with Gasteiger partial charge in [-0.05, 0) is 32.5 Å². The summed E-state index contributed by atoms with van der Waals surface area (Å²) in [6.07, 6.45) is 0. The zero-order valence-electron chi connectivity index (χ0n) is 12.7. The highest BCUT2D eigenvalue weighted by molar-refractivity contribution is 7.99. The van der Waals surface area contributed by atoms with E-state index in [1.807, 2.05) is 20.8 Å². The van der Waals surface area contributed by atoms with Crippen molar-refractivity contribution in [3.05, 3.63) is 22.9 Å². The molecule has 108 valence electrons. The number of rotatable bonds is 2. The van der Waals surface area contributed by atoms with Gasteiger partial charge in [-0.15, -0.1) is 10.2 Å². The summed E-state index contributed by atoms with van der Waals surface area (Å²) >= 11 is 1.42. The van der Waals surface area contributed by atoms with Crippen LogP contribution in [0.4, 0.5) is 0 Å². The molecule has 0 bridgehead atoms. The Bertz CT molecular complexity index is 641. The fourth-order valence-corrected chi connectivity index (χ4v) is 2.70. The number of hydrogen-bond acceptors (Lipinski definition) is 6. The third kappa shape index (κ3) is 2.77. The van der Waals surface area contributed by atoms with Crippen LogP contribution < -0.4 is 5.84 Å². The van der Waals surface area contributed by atoms with Crippen molar-refractivity contribution in [2.45, 2.75) is 57.1 Å². The lowest BCUT2D eigenvalue weighted by molar-refractivity contribution is 0.523. The third-order valence-corrected chi connectivity index (χ3v) is 4.03. The Hall–Kier alpha value is -1.63. The van der Waals surface area contributed by atoms with Gasteiger partial charge in [0, 0.05) is 16.7 Å². The Balaban J connectivity index is 2.39. The lowest BCUT2D eigenvalue weighted by Gasteiger charge is -2.16. The summed E-state index contributed by atoms with van der Waals surface area (Å²) in [5.41, 5.74) is 1.87. The monoisotopic (exact) mass is 292 g/mol. The van der Waals surface area contributed by atoms with Gasteiger partial charge < -0.3 is 5.84 Å². The van der Waals surface area contributed by atoms with E-state index in [4.69, 9.17) is 5.84 Å². The first-order valence-corrected chi connectivity index (χ1v) is 7.22. The van der Waals surface area contributed by atoms with E-state index < -0.39 is 0 Å². The normalized spacial score (nSPS) is 11.9. The molecule has 0 aromatic carbocycles. The van der Waals surface area contributed by atoms with Gasteiger partial charge in [0.05, 0.1) is 0 Å². The average molecular weight is 292 g/mol. The molecule has 0 saturated heterocycles. The van der Waals surface area contributed by atoms with Crippen LogP contribution in [-0.2, 0) is 5.41 Å². The molecule has 20 heavy (non-hydrogen) atoms. The second kappa shape index (κ2) is 5.05. The molecule has 0 aliphatic heterocycles. The van der Waals surface area contributed by atoms with E-state index in [1.54, 1.807) is 0 Å². The maximum Gasteiger partial charge on any atom is 0.216 e. The highest BCUT2D eigenvalue weighted by Crippen LogP contribution is 2.30. The van der Waals surface area contributed by atoms with E-state index in [0.29, 0.717) is 5.16 Å². The van der Waals surface area contributed by atoms with Crippen LogP contribution in [0.5, 0.6) is 0 Å². The van der Waals surface area contributed by atoms with Crippen LogP contribution in [-0.4, -0.2) is 24.8 Å². The van der Waals surface area contributed by atoms with Crippen LogP contribution in [0.25, 0.3) is 0 Å². The van der Waals surface area contributed by atoms with Crippen LogP contribution >= 0.6 is 11.8 Å². The van der Waals surface area contributed by atoms with Crippen molar-refractivity contribution >= 4 is 11.8 Å². The maximum absolute atomic E-state index is 6.09. The van der Waals surface area contributed by atoms with Gasteiger partial charge in [-0.3, -0.25) is 0 Å². The van der Waals surface area contributed by atoms with E-state index in [9.17, 15) is 0 Å². The molecule has 7 heteroatoms. The van der Waals surface area contributed by atoms with Crippen molar-refractivity contribution in [3.63, 3.8) is 0 Å². The summed E-state index contributed by atoms with van der Waals surface area (Å²) in [7, 11) is 0. The molecule has 0 aliphatic carbocycles. The molecule has 0 fully saturated rings. The Morgan fingerprint density at radius 2 is 1.70 bits per heavy atom. The van der Waals surface area contributed by atoms with Gasteiger partial charge in [0.25, 0.3) is 0 Å². The van der Waals surface area contributed by atoms with Gasteiger partial charge in [0.2, 0.25) is 5.16 Å². The molecule has 0 radical (unpaired) electrons. The van der Waals surface area contributed by atoms with E-state index >= 15 is 0 Å². The minimum Gasteiger partial charge on any atom is -0.336 e. The quantitative estimate of drug-likeness (QED) is 0.674. The first-order valence-electron chi connectivity index (χ1n) is 6.41. The molecule has 2 rings (SSSR count). The summed E-state index contributed by atoms with van der Waals surface area (Å²) in [6.45, 7) is 12.0. The molecule has 0 unspecified atom stereocenters. The molecule has 0 atom stereocenters. The van der Waals surface area contributed by atoms with Crippen LogP contribution in [0.3, 0.4) is 0 Å². The predicted molar refractivity (Wildman–Crippen MR) is 79.2 cm³/mol.